The minimum Gasteiger partial charge on any atom is -0.341 e. The Morgan fingerprint density at radius 1 is 1.14 bits per heavy atom. The monoisotopic (exact) mass is 283 g/mol. The molecule has 3 rings (SSSR count). The molecule has 1 aromatic heterocycles. The van der Waals surface area contributed by atoms with Crippen LogP contribution in [0.5, 0.6) is 0 Å². The van der Waals surface area contributed by atoms with Gasteiger partial charge in [0.15, 0.2) is 0 Å². The highest BCUT2D eigenvalue weighted by atomic mass is 19.1. The van der Waals surface area contributed by atoms with Crippen molar-refractivity contribution < 1.29 is 4.39 Å². The number of benzene rings is 2. The third kappa shape index (κ3) is 3.47. The fourth-order valence-corrected chi connectivity index (χ4v) is 2.35. The highest BCUT2D eigenvalue weighted by Gasteiger charge is 2.02. The Morgan fingerprint density at radius 2 is 1.95 bits per heavy atom. The average molecular weight is 283 g/mol. The molecule has 0 bridgehead atoms. The van der Waals surface area contributed by atoms with E-state index in [1.807, 2.05) is 18.2 Å². The van der Waals surface area contributed by atoms with Crippen molar-refractivity contribution in [2.75, 3.05) is 6.54 Å². The van der Waals surface area contributed by atoms with Crippen molar-refractivity contribution in [1.29, 1.82) is 0 Å². The molecule has 2 aromatic carbocycles. The minimum atomic E-state index is -0.190. The second-order valence-corrected chi connectivity index (χ2v) is 5.26. The van der Waals surface area contributed by atoms with Crippen molar-refractivity contribution in [3.8, 4) is 0 Å². The minimum absolute atomic E-state index is 0.190. The van der Waals surface area contributed by atoms with E-state index in [9.17, 15) is 4.39 Å². The van der Waals surface area contributed by atoms with Gasteiger partial charge in [-0.1, -0.05) is 18.2 Å². The molecule has 0 spiro atoms. The first-order chi connectivity index (χ1) is 10.2. The zero-order valence-corrected chi connectivity index (χ0v) is 12.0. The number of rotatable bonds is 5. The molecule has 3 aromatic rings. The van der Waals surface area contributed by atoms with Crippen LogP contribution in [0.25, 0.3) is 11.0 Å². The molecule has 0 fully saturated rings. The first-order valence-corrected chi connectivity index (χ1v) is 7.11. The van der Waals surface area contributed by atoms with Crippen LogP contribution >= 0.6 is 0 Å². The summed E-state index contributed by atoms with van der Waals surface area (Å²) in [6.07, 6.45) is 0.875. The SMILES string of the molecule is Cc1ccc2nc(CNCCc3ccc(F)cc3)[nH]c2c1. The van der Waals surface area contributed by atoms with Crippen molar-refractivity contribution >= 4 is 11.0 Å². The summed E-state index contributed by atoms with van der Waals surface area (Å²) in [5, 5.41) is 3.35. The van der Waals surface area contributed by atoms with Gasteiger partial charge in [0.2, 0.25) is 0 Å². The van der Waals surface area contributed by atoms with Gasteiger partial charge in [0.05, 0.1) is 17.6 Å². The molecule has 1 heterocycles. The standard InChI is InChI=1S/C17H18FN3/c1-12-2-7-15-16(10-12)21-17(20-15)11-19-9-8-13-3-5-14(18)6-4-13/h2-7,10,19H,8-9,11H2,1H3,(H,20,21). The van der Waals surface area contributed by atoms with E-state index < -0.39 is 0 Å². The molecule has 0 atom stereocenters. The third-order valence-corrected chi connectivity index (χ3v) is 3.48. The molecular weight excluding hydrogens is 265 g/mol. The van der Waals surface area contributed by atoms with Crippen LogP contribution in [0.2, 0.25) is 0 Å². The summed E-state index contributed by atoms with van der Waals surface area (Å²) < 4.78 is 12.8. The van der Waals surface area contributed by atoms with Gasteiger partial charge in [-0.2, -0.15) is 0 Å². The second-order valence-electron chi connectivity index (χ2n) is 5.26. The van der Waals surface area contributed by atoms with E-state index in [1.165, 1.54) is 17.7 Å². The number of hydrogen-bond donors (Lipinski definition) is 2. The lowest BCUT2D eigenvalue weighted by Crippen LogP contribution is -2.17. The van der Waals surface area contributed by atoms with Crippen LogP contribution in [0.15, 0.2) is 42.5 Å². The summed E-state index contributed by atoms with van der Waals surface area (Å²) in [5.41, 5.74) is 4.42. The predicted octanol–water partition coefficient (Wildman–Crippen LogP) is 3.34. The molecule has 0 aliphatic carbocycles. The summed E-state index contributed by atoms with van der Waals surface area (Å²) in [4.78, 5) is 7.86. The van der Waals surface area contributed by atoms with Gasteiger partial charge in [-0.15, -0.1) is 0 Å². The van der Waals surface area contributed by atoms with Gasteiger partial charge >= 0.3 is 0 Å². The van der Waals surface area contributed by atoms with Crippen molar-refractivity contribution in [3.63, 3.8) is 0 Å². The van der Waals surface area contributed by atoms with Crippen LogP contribution < -0.4 is 5.32 Å². The Hall–Kier alpha value is -2.20. The maximum Gasteiger partial charge on any atom is 0.123 e. The average Bonchev–Trinajstić information content (AvgIpc) is 2.87. The molecule has 2 N–H and O–H groups in total. The van der Waals surface area contributed by atoms with Crippen molar-refractivity contribution in [2.45, 2.75) is 19.9 Å². The fourth-order valence-electron chi connectivity index (χ4n) is 2.35. The molecule has 3 nitrogen and oxygen atoms in total. The topological polar surface area (TPSA) is 40.7 Å². The number of nitrogens with one attached hydrogen (secondary N) is 2. The molecule has 0 unspecified atom stereocenters. The molecule has 0 radical (unpaired) electrons. The summed E-state index contributed by atoms with van der Waals surface area (Å²) in [7, 11) is 0. The number of hydrogen-bond acceptors (Lipinski definition) is 2. The quantitative estimate of drug-likeness (QED) is 0.705. The van der Waals surface area contributed by atoms with Crippen molar-refractivity contribution in [1.82, 2.24) is 15.3 Å². The van der Waals surface area contributed by atoms with Gasteiger partial charge in [-0.25, -0.2) is 9.37 Å². The Labute approximate surface area is 123 Å². The number of halogens is 1. The number of aromatic nitrogens is 2. The lowest BCUT2D eigenvalue weighted by atomic mass is 10.1. The predicted molar refractivity (Wildman–Crippen MR) is 82.6 cm³/mol. The lowest BCUT2D eigenvalue weighted by Gasteiger charge is -2.03. The first kappa shape index (κ1) is 13.8. The number of imidazole rings is 1. The highest BCUT2D eigenvalue weighted by Crippen LogP contribution is 2.13. The van der Waals surface area contributed by atoms with Crippen LogP contribution in [0.4, 0.5) is 4.39 Å². The van der Waals surface area contributed by atoms with Gasteiger partial charge in [0, 0.05) is 0 Å². The largest absolute Gasteiger partial charge is 0.341 e. The molecule has 0 aliphatic heterocycles. The van der Waals surface area contributed by atoms with E-state index in [-0.39, 0.29) is 5.82 Å². The Balaban J connectivity index is 1.53. The summed E-state index contributed by atoms with van der Waals surface area (Å²) in [5.74, 6) is 0.749. The first-order valence-electron chi connectivity index (χ1n) is 7.11. The number of fused-ring (bicyclic) bond motifs is 1. The van der Waals surface area contributed by atoms with Crippen LogP contribution in [-0.2, 0) is 13.0 Å². The van der Waals surface area contributed by atoms with Crippen LogP contribution in [0, 0.1) is 12.7 Å². The zero-order chi connectivity index (χ0) is 14.7. The van der Waals surface area contributed by atoms with Crippen molar-refractivity contribution in [3.05, 3.63) is 65.2 Å². The summed E-state index contributed by atoms with van der Waals surface area (Å²) in [6.45, 7) is 3.61. The van der Waals surface area contributed by atoms with E-state index in [1.54, 1.807) is 0 Å². The highest BCUT2D eigenvalue weighted by molar-refractivity contribution is 5.75. The zero-order valence-electron chi connectivity index (χ0n) is 12.0. The smallest absolute Gasteiger partial charge is 0.123 e. The van der Waals surface area contributed by atoms with Crippen LogP contribution in [0.3, 0.4) is 0 Å². The van der Waals surface area contributed by atoms with E-state index in [0.717, 1.165) is 35.4 Å². The maximum absolute atomic E-state index is 12.8. The summed E-state index contributed by atoms with van der Waals surface area (Å²) in [6, 6.07) is 12.8. The van der Waals surface area contributed by atoms with Crippen LogP contribution in [0.1, 0.15) is 17.0 Å². The van der Waals surface area contributed by atoms with Gasteiger partial charge in [-0.05, 0) is 55.3 Å². The Kier molecular flexibility index (Phi) is 3.97. The van der Waals surface area contributed by atoms with Gasteiger partial charge in [0.25, 0.3) is 0 Å². The lowest BCUT2D eigenvalue weighted by molar-refractivity contribution is 0.625. The molecule has 21 heavy (non-hydrogen) atoms. The molecular formula is C17H18FN3. The second kappa shape index (κ2) is 6.06. The third-order valence-electron chi connectivity index (χ3n) is 3.48. The molecule has 0 saturated carbocycles. The van der Waals surface area contributed by atoms with Crippen LogP contribution in [-0.4, -0.2) is 16.5 Å². The number of nitrogens with zero attached hydrogens (tertiary/aromatic N) is 1. The van der Waals surface area contributed by atoms with Gasteiger partial charge in [-0.3, -0.25) is 0 Å². The van der Waals surface area contributed by atoms with Crippen molar-refractivity contribution in [2.24, 2.45) is 0 Å². The van der Waals surface area contributed by atoms with E-state index in [2.05, 4.69) is 34.3 Å². The molecule has 108 valence electrons. The summed E-state index contributed by atoms with van der Waals surface area (Å²) >= 11 is 0. The number of aromatic amines is 1. The van der Waals surface area contributed by atoms with Gasteiger partial charge in [0.1, 0.15) is 11.6 Å². The fraction of sp³-hybridized carbons (Fsp3) is 0.235. The molecule has 0 saturated heterocycles. The Morgan fingerprint density at radius 3 is 2.76 bits per heavy atom. The maximum atomic E-state index is 12.8. The normalized spacial score (nSPS) is 11.1. The van der Waals surface area contributed by atoms with Gasteiger partial charge < -0.3 is 10.3 Å². The number of H-pyrrole nitrogens is 1. The number of aryl methyl sites for hydroxylation is 1. The van der Waals surface area contributed by atoms with E-state index in [0.29, 0.717) is 6.54 Å². The van der Waals surface area contributed by atoms with E-state index >= 15 is 0 Å². The molecule has 0 amide bonds. The molecule has 4 heteroatoms. The molecule has 0 aliphatic rings. The Bertz CT molecular complexity index is 731. The van der Waals surface area contributed by atoms with E-state index in [4.69, 9.17) is 0 Å².